The molecule has 0 bridgehead atoms. The minimum atomic E-state index is -3.38. The van der Waals surface area contributed by atoms with Gasteiger partial charge in [0.2, 0.25) is 10.0 Å². The smallest absolute Gasteiger partial charge is 0.305 e. The Kier molecular flexibility index (Phi) is 5.45. The molecule has 0 aromatic heterocycles. The first-order valence-corrected chi connectivity index (χ1v) is 9.19. The number of carbonyl (C=O) groups excluding carboxylic acids is 1. The van der Waals surface area contributed by atoms with Crippen molar-refractivity contribution in [1.82, 2.24) is 4.90 Å². The maximum Gasteiger partial charge on any atom is 0.305 e. The molecule has 8 nitrogen and oxygen atoms in total. The van der Waals surface area contributed by atoms with E-state index < -0.39 is 22.0 Å². The van der Waals surface area contributed by atoms with E-state index >= 15 is 0 Å². The average Bonchev–Trinajstić information content (AvgIpc) is 2.53. The second kappa shape index (κ2) is 7.18. The van der Waals surface area contributed by atoms with Crippen molar-refractivity contribution >= 4 is 27.6 Å². The van der Waals surface area contributed by atoms with Gasteiger partial charge in [0.15, 0.2) is 0 Å². The summed E-state index contributed by atoms with van der Waals surface area (Å²) >= 11 is 0. The van der Waals surface area contributed by atoms with E-state index in [0.29, 0.717) is 24.4 Å². The van der Waals surface area contributed by atoms with Crippen LogP contribution < -0.4 is 4.31 Å². The van der Waals surface area contributed by atoms with E-state index in [0.717, 1.165) is 10.6 Å². The molecule has 9 heteroatoms. The minimum absolute atomic E-state index is 0.180. The second-order valence-electron chi connectivity index (χ2n) is 5.60. The molecule has 1 saturated heterocycles. The van der Waals surface area contributed by atoms with Crippen LogP contribution in [0.25, 0.3) is 0 Å². The van der Waals surface area contributed by atoms with Crippen molar-refractivity contribution in [3.63, 3.8) is 0 Å². The van der Waals surface area contributed by atoms with Crippen LogP contribution in [0.1, 0.15) is 16.8 Å². The molecule has 0 saturated carbocycles. The van der Waals surface area contributed by atoms with E-state index in [-0.39, 0.29) is 18.9 Å². The Morgan fingerprint density at radius 3 is 2.50 bits per heavy atom. The number of amides is 1. The zero-order valence-corrected chi connectivity index (χ0v) is 14.3. The van der Waals surface area contributed by atoms with Crippen LogP contribution in [0.3, 0.4) is 0 Å². The number of nitrogens with zero attached hydrogens (tertiary/aromatic N) is 2. The standard InChI is InChI=1S/C15H20N2O6S/c1-16(24(2,21)22)12-5-3-11(4-6-12)15(20)17-7-8-23-10-13(17)9-14(18)19/h3-6,13H,7-10H2,1-2H3,(H,18,19). The number of anilines is 1. The third kappa shape index (κ3) is 4.24. The number of aliphatic carboxylic acids is 1. The maximum absolute atomic E-state index is 12.6. The fourth-order valence-electron chi connectivity index (χ4n) is 2.46. The van der Waals surface area contributed by atoms with Crippen LogP contribution in [0.5, 0.6) is 0 Å². The normalized spacial score (nSPS) is 18.2. The van der Waals surface area contributed by atoms with Crippen LogP contribution in [0.2, 0.25) is 0 Å². The molecule has 1 amide bonds. The summed E-state index contributed by atoms with van der Waals surface area (Å²) in [4.78, 5) is 25.0. The van der Waals surface area contributed by atoms with Gasteiger partial charge in [0.05, 0.1) is 37.6 Å². The molecule has 1 aromatic rings. The predicted molar refractivity (Wildman–Crippen MR) is 87.6 cm³/mol. The van der Waals surface area contributed by atoms with E-state index in [4.69, 9.17) is 9.84 Å². The average molecular weight is 356 g/mol. The number of ether oxygens (including phenoxy) is 1. The summed E-state index contributed by atoms with van der Waals surface area (Å²) in [5, 5.41) is 8.95. The van der Waals surface area contributed by atoms with Crippen molar-refractivity contribution in [1.29, 1.82) is 0 Å². The van der Waals surface area contributed by atoms with Crippen LogP contribution in [-0.4, -0.2) is 69.4 Å². The molecule has 0 spiro atoms. The highest BCUT2D eigenvalue weighted by Crippen LogP contribution is 2.19. The zero-order valence-electron chi connectivity index (χ0n) is 13.5. The third-order valence-electron chi connectivity index (χ3n) is 3.87. The van der Waals surface area contributed by atoms with Crippen LogP contribution in [0.15, 0.2) is 24.3 Å². The summed E-state index contributed by atoms with van der Waals surface area (Å²) in [5.41, 5.74) is 0.816. The maximum atomic E-state index is 12.6. The second-order valence-corrected chi connectivity index (χ2v) is 7.62. The summed E-state index contributed by atoms with van der Waals surface area (Å²) in [6.07, 6.45) is 0.914. The molecule has 24 heavy (non-hydrogen) atoms. The lowest BCUT2D eigenvalue weighted by Crippen LogP contribution is -2.49. The Bertz CT molecular complexity index is 716. The van der Waals surface area contributed by atoms with Crippen LogP contribution in [0.4, 0.5) is 5.69 Å². The fourth-order valence-corrected chi connectivity index (χ4v) is 2.97. The fraction of sp³-hybridized carbons (Fsp3) is 0.467. The van der Waals surface area contributed by atoms with Gasteiger partial charge in [0.1, 0.15) is 0 Å². The minimum Gasteiger partial charge on any atom is -0.481 e. The van der Waals surface area contributed by atoms with E-state index in [2.05, 4.69) is 0 Å². The quantitative estimate of drug-likeness (QED) is 0.819. The van der Waals surface area contributed by atoms with Gasteiger partial charge < -0.3 is 14.7 Å². The molecular weight excluding hydrogens is 336 g/mol. The topological polar surface area (TPSA) is 104 Å². The van der Waals surface area contributed by atoms with E-state index in [1.165, 1.54) is 24.1 Å². The summed E-state index contributed by atoms with van der Waals surface area (Å²) in [5.74, 6) is -1.29. The van der Waals surface area contributed by atoms with Gasteiger partial charge in [-0.3, -0.25) is 13.9 Å². The van der Waals surface area contributed by atoms with Crippen LogP contribution in [-0.2, 0) is 19.6 Å². The molecule has 1 atom stereocenters. The molecule has 2 rings (SSSR count). The number of hydrogen-bond donors (Lipinski definition) is 1. The molecule has 1 aliphatic rings. The molecular formula is C15H20N2O6S. The number of carbonyl (C=O) groups is 2. The van der Waals surface area contributed by atoms with Crippen molar-refractivity contribution in [2.45, 2.75) is 12.5 Å². The first kappa shape index (κ1) is 18.2. The highest BCUT2D eigenvalue weighted by atomic mass is 32.2. The van der Waals surface area contributed by atoms with Gasteiger partial charge in [-0.2, -0.15) is 0 Å². The van der Waals surface area contributed by atoms with Crippen molar-refractivity contribution in [2.24, 2.45) is 0 Å². The lowest BCUT2D eigenvalue weighted by molar-refractivity contribution is -0.139. The molecule has 1 fully saturated rings. The van der Waals surface area contributed by atoms with Crippen molar-refractivity contribution in [3.8, 4) is 0 Å². The number of carboxylic acids is 1. The number of rotatable bonds is 5. The first-order valence-electron chi connectivity index (χ1n) is 7.34. The SMILES string of the molecule is CN(c1ccc(C(=O)N2CCOCC2CC(=O)O)cc1)S(C)(=O)=O. The van der Waals surface area contributed by atoms with Gasteiger partial charge in [-0.25, -0.2) is 8.42 Å². The van der Waals surface area contributed by atoms with E-state index in [1.54, 1.807) is 12.1 Å². The van der Waals surface area contributed by atoms with Crippen LogP contribution in [0, 0.1) is 0 Å². The summed E-state index contributed by atoms with van der Waals surface area (Å²) in [6, 6.07) is 5.64. The highest BCUT2D eigenvalue weighted by molar-refractivity contribution is 7.92. The van der Waals surface area contributed by atoms with E-state index in [1.807, 2.05) is 0 Å². The Morgan fingerprint density at radius 1 is 1.33 bits per heavy atom. The Hall–Kier alpha value is -2.13. The molecule has 132 valence electrons. The molecule has 1 aliphatic heterocycles. The van der Waals surface area contributed by atoms with Gasteiger partial charge in [-0.05, 0) is 24.3 Å². The molecule has 1 unspecified atom stereocenters. The number of morpholine rings is 1. The van der Waals surface area contributed by atoms with Gasteiger partial charge in [-0.1, -0.05) is 0 Å². The van der Waals surface area contributed by atoms with E-state index in [9.17, 15) is 18.0 Å². The van der Waals surface area contributed by atoms with Crippen molar-refractivity contribution in [2.75, 3.05) is 37.4 Å². The Balaban J connectivity index is 2.18. The lowest BCUT2D eigenvalue weighted by Gasteiger charge is -2.35. The summed E-state index contributed by atoms with van der Waals surface area (Å²) in [7, 11) is -1.95. The van der Waals surface area contributed by atoms with Gasteiger partial charge in [0.25, 0.3) is 5.91 Å². The summed E-state index contributed by atoms with van der Waals surface area (Å²) in [6.45, 7) is 0.867. The van der Waals surface area contributed by atoms with Gasteiger partial charge >= 0.3 is 5.97 Å². The lowest BCUT2D eigenvalue weighted by atomic mass is 10.1. The summed E-state index contributed by atoms with van der Waals surface area (Å²) < 4.78 is 29.4. The predicted octanol–water partition coefficient (Wildman–Crippen LogP) is 0.398. The molecule has 0 aliphatic carbocycles. The highest BCUT2D eigenvalue weighted by Gasteiger charge is 2.29. The monoisotopic (exact) mass is 356 g/mol. The third-order valence-corrected chi connectivity index (χ3v) is 5.08. The number of sulfonamides is 1. The molecule has 0 radical (unpaired) electrons. The van der Waals surface area contributed by atoms with Gasteiger partial charge in [-0.15, -0.1) is 0 Å². The number of benzene rings is 1. The number of carboxylic acid groups (broad SMARTS) is 1. The molecule has 1 aromatic carbocycles. The Labute approximate surface area is 140 Å². The molecule has 1 heterocycles. The number of hydrogen-bond acceptors (Lipinski definition) is 5. The first-order chi connectivity index (χ1) is 11.2. The Morgan fingerprint density at radius 2 is 1.96 bits per heavy atom. The zero-order chi connectivity index (χ0) is 17.9. The molecule has 1 N–H and O–H groups in total. The van der Waals surface area contributed by atoms with Gasteiger partial charge in [0, 0.05) is 19.2 Å². The largest absolute Gasteiger partial charge is 0.481 e. The van der Waals surface area contributed by atoms with Crippen molar-refractivity contribution < 1.29 is 27.9 Å². The van der Waals surface area contributed by atoms with Crippen LogP contribution >= 0.6 is 0 Å². The van der Waals surface area contributed by atoms with Crippen molar-refractivity contribution in [3.05, 3.63) is 29.8 Å².